The largest absolute Gasteiger partial charge is 0.479 e. The molecular weight excluding hydrogens is 178 g/mol. The van der Waals surface area contributed by atoms with Gasteiger partial charge in [0.2, 0.25) is 5.91 Å². The van der Waals surface area contributed by atoms with Crippen molar-refractivity contribution >= 4 is 23.6 Å². The fraction of sp³-hybridized carbons (Fsp3) is 0.714. The van der Waals surface area contributed by atoms with Gasteiger partial charge in [0.1, 0.15) is 0 Å². The third-order valence-corrected chi connectivity index (χ3v) is 3.56. The average molecular weight is 189 g/mol. The summed E-state index contributed by atoms with van der Waals surface area (Å²) in [4.78, 5) is 23.1. The van der Waals surface area contributed by atoms with Crippen LogP contribution in [0.3, 0.4) is 0 Å². The van der Waals surface area contributed by atoms with Crippen LogP contribution in [0.1, 0.15) is 6.92 Å². The Labute approximate surface area is 74.9 Å². The van der Waals surface area contributed by atoms with Crippen molar-refractivity contribution in [2.45, 2.75) is 12.5 Å². The van der Waals surface area contributed by atoms with Crippen LogP contribution in [0.15, 0.2) is 0 Å². The predicted octanol–water partition coefficient (Wildman–Crippen LogP) is 0.0349. The van der Waals surface area contributed by atoms with E-state index >= 15 is 0 Å². The SMILES string of the molecule is CC(=O)N(C)C1(C(=O)O)CSC1. The molecule has 1 rings (SSSR count). The van der Waals surface area contributed by atoms with Gasteiger partial charge in [-0.15, -0.1) is 0 Å². The van der Waals surface area contributed by atoms with Gasteiger partial charge in [0.05, 0.1) is 0 Å². The molecule has 68 valence electrons. The zero-order valence-electron chi connectivity index (χ0n) is 7.03. The van der Waals surface area contributed by atoms with E-state index in [0.717, 1.165) is 0 Å². The van der Waals surface area contributed by atoms with E-state index in [0.29, 0.717) is 11.5 Å². The van der Waals surface area contributed by atoms with Crippen molar-refractivity contribution < 1.29 is 14.7 Å². The minimum atomic E-state index is -0.934. The zero-order chi connectivity index (χ0) is 9.35. The Morgan fingerprint density at radius 2 is 2.00 bits per heavy atom. The molecule has 0 atom stereocenters. The molecule has 0 radical (unpaired) electrons. The first-order valence-corrected chi connectivity index (χ1v) is 4.72. The van der Waals surface area contributed by atoms with Crippen LogP contribution in [0.25, 0.3) is 0 Å². The first-order valence-electron chi connectivity index (χ1n) is 3.56. The van der Waals surface area contributed by atoms with E-state index in [2.05, 4.69) is 0 Å². The fourth-order valence-corrected chi connectivity index (χ4v) is 2.28. The minimum absolute atomic E-state index is 0.197. The number of amides is 1. The second kappa shape index (κ2) is 2.97. The summed E-state index contributed by atoms with van der Waals surface area (Å²) < 4.78 is 0. The number of carbonyl (C=O) groups excluding carboxylic acids is 1. The van der Waals surface area contributed by atoms with Gasteiger partial charge in [0.15, 0.2) is 5.54 Å². The minimum Gasteiger partial charge on any atom is -0.479 e. The van der Waals surface area contributed by atoms with Crippen LogP contribution in [0.4, 0.5) is 0 Å². The summed E-state index contributed by atoms with van der Waals surface area (Å²) in [6, 6.07) is 0. The second-order valence-electron chi connectivity index (χ2n) is 2.91. The van der Waals surface area contributed by atoms with Crippen LogP contribution < -0.4 is 0 Å². The molecule has 0 aromatic heterocycles. The van der Waals surface area contributed by atoms with Crippen molar-refractivity contribution in [3.8, 4) is 0 Å². The zero-order valence-corrected chi connectivity index (χ0v) is 7.85. The van der Waals surface area contributed by atoms with Gasteiger partial charge >= 0.3 is 5.97 Å². The summed E-state index contributed by atoms with van der Waals surface area (Å²) >= 11 is 1.54. The maximum absolute atomic E-state index is 10.9. The number of likely N-dealkylation sites (N-methyl/N-ethyl adjacent to an activating group) is 1. The molecule has 1 N–H and O–H groups in total. The van der Waals surface area contributed by atoms with Gasteiger partial charge in [-0.1, -0.05) is 0 Å². The number of nitrogens with zero attached hydrogens (tertiary/aromatic N) is 1. The molecule has 5 heteroatoms. The molecule has 0 aromatic rings. The highest BCUT2D eigenvalue weighted by molar-refractivity contribution is 8.01. The maximum Gasteiger partial charge on any atom is 0.331 e. The predicted molar refractivity (Wildman–Crippen MR) is 46.1 cm³/mol. The van der Waals surface area contributed by atoms with Gasteiger partial charge in [-0.2, -0.15) is 11.8 Å². The van der Waals surface area contributed by atoms with Crippen LogP contribution in [-0.2, 0) is 9.59 Å². The number of rotatable bonds is 2. The summed E-state index contributed by atoms with van der Waals surface area (Å²) in [6.07, 6.45) is 0. The van der Waals surface area contributed by atoms with Crippen molar-refractivity contribution in [3.05, 3.63) is 0 Å². The molecule has 0 bridgehead atoms. The number of aliphatic carboxylic acids is 1. The van der Waals surface area contributed by atoms with Crippen molar-refractivity contribution in [1.29, 1.82) is 0 Å². The van der Waals surface area contributed by atoms with Crippen molar-refractivity contribution in [1.82, 2.24) is 4.90 Å². The third-order valence-electron chi connectivity index (χ3n) is 2.19. The number of carboxylic acids is 1. The number of carboxylic acid groups (broad SMARTS) is 1. The van der Waals surface area contributed by atoms with Crippen LogP contribution in [-0.4, -0.2) is 46.0 Å². The molecule has 1 amide bonds. The molecule has 0 aromatic carbocycles. The number of hydrogen-bond donors (Lipinski definition) is 1. The van der Waals surface area contributed by atoms with Gasteiger partial charge in [-0.3, -0.25) is 4.79 Å². The quantitative estimate of drug-likeness (QED) is 0.666. The summed E-state index contributed by atoms with van der Waals surface area (Å²) in [5, 5.41) is 8.90. The van der Waals surface area contributed by atoms with E-state index in [9.17, 15) is 9.59 Å². The first-order chi connectivity index (χ1) is 5.50. The van der Waals surface area contributed by atoms with E-state index in [1.807, 2.05) is 0 Å². The van der Waals surface area contributed by atoms with E-state index in [1.165, 1.54) is 18.9 Å². The lowest BCUT2D eigenvalue weighted by molar-refractivity contribution is -0.154. The summed E-state index contributed by atoms with van der Waals surface area (Å²) in [6.45, 7) is 1.38. The van der Waals surface area contributed by atoms with E-state index < -0.39 is 11.5 Å². The Morgan fingerprint density at radius 3 is 2.08 bits per heavy atom. The molecule has 1 aliphatic heterocycles. The molecule has 0 aliphatic carbocycles. The fourth-order valence-electron chi connectivity index (χ4n) is 1.06. The highest BCUT2D eigenvalue weighted by atomic mass is 32.2. The smallest absolute Gasteiger partial charge is 0.331 e. The molecule has 0 spiro atoms. The van der Waals surface area contributed by atoms with Gasteiger partial charge in [0.25, 0.3) is 0 Å². The van der Waals surface area contributed by atoms with Crippen LogP contribution in [0, 0.1) is 0 Å². The van der Waals surface area contributed by atoms with Crippen LogP contribution >= 0.6 is 11.8 Å². The lowest BCUT2D eigenvalue weighted by Crippen LogP contribution is -2.63. The van der Waals surface area contributed by atoms with E-state index in [1.54, 1.807) is 11.8 Å². The van der Waals surface area contributed by atoms with Gasteiger partial charge in [-0.25, -0.2) is 4.79 Å². The molecule has 0 unspecified atom stereocenters. The number of hydrogen-bond acceptors (Lipinski definition) is 3. The summed E-state index contributed by atoms with van der Waals surface area (Å²) in [5.74, 6) is -0.103. The summed E-state index contributed by atoms with van der Waals surface area (Å²) in [5.41, 5.74) is -0.934. The normalized spacial score (nSPS) is 19.5. The maximum atomic E-state index is 10.9. The standard InChI is InChI=1S/C7H11NO3S/c1-5(9)8(2)7(6(10)11)3-12-4-7/h3-4H2,1-2H3,(H,10,11). The molecular formula is C7H11NO3S. The third kappa shape index (κ3) is 1.18. The van der Waals surface area contributed by atoms with Gasteiger partial charge in [0, 0.05) is 25.5 Å². The molecule has 4 nitrogen and oxygen atoms in total. The molecule has 0 saturated carbocycles. The molecule has 1 saturated heterocycles. The van der Waals surface area contributed by atoms with E-state index in [-0.39, 0.29) is 5.91 Å². The Bertz CT molecular complexity index is 225. The topological polar surface area (TPSA) is 57.6 Å². The van der Waals surface area contributed by atoms with Crippen molar-refractivity contribution in [2.24, 2.45) is 0 Å². The summed E-state index contributed by atoms with van der Waals surface area (Å²) in [7, 11) is 1.54. The lowest BCUT2D eigenvalue weighted by Gasteiger charge is -2.43. The van der Waals surface area contributed by atoms with Crippen molar-refractivity contribution in [3.63, 3.8) is 0 Å². The molecule has 12 heavy (non-hydrogen) atoms. The highest BCUT2D eigenvalue weighted by Crippen LogP contribution is 2.34. The lowest BCUT2D eigenvalue weighted by atomic mass is 10.0. The van der Waals surface area contributed by atoms with Gasteiger partial charge in [-0.05, 0) is 0 Å². The molecule has 1 aliphatic rings. The first kappa shape index (κ1) is 9.38. The Morgan fingerprint density at radius 1 is 1.50 bits per heavy atom. The molecule has 1 heterocycles. The highest BCUT2D eigenvalue weighted by Gasteiger charge is 2.49. The monoisotopic (exact) mass is 189 g/mol. The van der Waals surface area contributed by atoms with Crippen molar-refractivity contribution in [2.75, 3.05) is 18.6 Å². The number of carbonyl (C=O) groups is 2. The Hall–Kier alpha value is -0.710. The van der Waals surface area contributed by atoms with Gasteiger partial charge < -0.3 is 10.0 Å². The number of thioether (sulfide) groups is 1. The van der Waals surface area contributed by atoms with Crippen LogP contribution in [0.5, 0.6) is 0 Å². The Kier molecular flexibility index (Phi) is 2.32. The second-order valence-corrected chi connectivity index (χ2v) is 3.89. The Balaban J connectivity index is 2.80. The average Bonchev–Trinajstić information content (AvgIpc) is 1.83. The van der Waals surface area contributed by atoms with E-state index in [4.69, 9.17) is 5.11 Å². The van der Waals surface area contributed by atoms with Crippen LogP contribution in [0.2, 0.25) is 0 Å². The molecule has 1 fully saturated rings.